The van der Waals surface area contributed by atoms with Gasteiger partial charge >= 0.3 is 0 Å². The van der Waals surface area contributed by atoms with Crippen LogP contribution in [0.3, 0.4) is 0 Å². The fraction of sp³-hybridized carbons (Fsp3) is 0.333. The summed E-state index contributed by atoms with van der Waals surface area (Å²) in [5.74, 6) is 0. The standard InChI is InChI=1S/C9H14S/c1-4-6-9(10)7-8(3)5-2/h5-7,10H,2,4H2,1,3H3/b8-7-,9-6+. The van der Waals surface area contributed by atoms with Crippen molar-refractivity contribution in [2.45, 2.75) is 20.3 Å². The van der Waals surface area contributed by atoms with E-state index in [9.17, 15) is 0 Å². The first-order valence-corrected chi connectivity index (χ1v) is 3.85. The quantitative estimate of drug-likeness (QED) is 0.468. The average molecular weight is 154 g/mol. The molecule has 0 unspecified atom stereocenters. The van der Waals surface area contributed by atoms with E-state index in [4.69, 9.17) is 0 Å². The molecule has 0 radical (unpaired) electrons. The minimum Gasteiger partial charge on any atom is -0.144 e. The summed E-state index contributed by atoms with van der Waals surface area (Å²) >= 11 is 4.24. The fourth-order valence-electron chi connectivity index (χ4n) is 0.560. The number of hydrogen-bond donors (Lipinski definition) is 1. The Morgan fingerprint density at radius 2 is 2.20 bits per heavy atom. The Morgan fingerprint density at radius 1 is 1.60 bits per heavy atom. The van der Waals surface area contributed by atoms with Gasteiger partial charge in [-0.2, -0.15) is 0 Å². The summed E-state index contributed by atoms with van der Waals surface area (Å²) in [5.41, 5.74) is 1.15. The maximum Gasteiger partial charge on any atom is 0.000253 e. The zero-order chi connectivity index (χ0) is 7.98. The summed E-state index contributed by atoms with van der Waals surface area (Å²) < 4.78 is 0. The van der Waals surface area contributed by atoms with Crippen molar-refractivity contribution in [2.75, 3.05) is 0 Å². The molecule has 0 aromatic carbocycles. The van der Waals surface area contributed by atoms with Crippen LogP contribution in [0, 0.1) is 0 Å². The largest absolute Gasteiger partial charge is 0.144 e. The van der Waals surface area contributed by atoms with Gasteiger partial charge < -0.3 is 0 Å². The van der Waals surface area contributed by atoms with Crippen molar-refractivity contribution >= 4 is 12.6 Å². The van der Waals surface area contributed by atoms with Crippen LogP contribution in [0.1, 0.15) is 20.3 Å². The van der Waals surface area contributed by atoms with Gasteiger partial charge in [0.15, 0.2) is 0 Å². The summed E-state index contributed by atoms with van der Waals surface area (Å²) in [6.45, 7) is 7.74. The van der Waals surface area contributed by atoms with Crippen LogP contribution in [0.2, 0.25) is 0 Å². The second-order valence-corrected chi connectivity index (χ2v) is 2.65. The van der Waals surface area contributed by atoms with Gasteiger partial charge in [-0.1, -0.05) is 31.2 Å². The number of hydrogen-bond acceptors (Lipinski definition) is 1. The van der Waals surface area contributed by atoms with Crippen LogP contribution in [0.4, 0.5) is 0 Å². The van der Waals surface area contributed by atoms with Crippen LogP contribution in [-0.2, 0) is 0 Å². The predicted molar refractivity (Wildman–Crippen MR) is 51.3 cm³/mol. The van der Waals surface area contributed by atoms with Crippen LogP contribution in [0.15, 0.2) is 35.3 Å². The maximum absolute atomic E-state index is 4.24. The molecule has 0 saturated carbocycles. The number of rotatable bonds is 3. The van der Waals surface area contributed by atoms with Crippen LogP contribution >= 0.6 is 12.6 Å². The van der Waals surface area contributed by atoms with E-state index in [2.05, 4.69) is 32.2 Å². The van der Waals surface area contributed by atoms with Gasteiger partial charge in [0.2, 0.25) is 0 Å². The lowest BCUT2D eigenvalue weighted by atomic mass is 10.2. The number of allylic oxidation sites excluding steroid dienone is 4. The summed E-state index contributed by atoms with van der Waals surface area (Å²) in [5, 5.41) is 0. The second-order valence-electron chi connectivity index (χ2n) is 2.13. The van der Waals surface area contributed by atoms with E-state index in [-0.39, 0.29) is 0 Å². The first kappa shape index (κ1) is 9.57. The van der Waals surface area contributed by atoms with E-state index >= 15 is 0 Å². The topological polar surface area (TPSA) is 0 Å². The van der Waals surface area contributed by atoms with E-state index in [0.717, 1.165) is 16.9 Å². The van der Waals surface area contributed by atoms with E-state index in [0.29, 0.717) is 0 Å². The van der Waals surface area contributed by atoms with Crippen molar-refractivity contribution in [2.24, 2.45) is 0 Å². The summed E-state index contributed by atoms with van der Waals surface area (Å²) in [6.07, 6.45) is 6.91. The minimum absolute atomic E-state index is 1.01. The van der Waals surface area contributed by atoms with Crippen molar-refractivity contribution in [3.63, 3.8) is 0 Å². The molecule has 0 aromatic rings. The Bertz CT molecular complexity index is 164. The molecule has 0 atom stereocenters. The molecular formula is C9H14S. The molecule has 0 N–H and O–H groups in total. The monoisotopic (exact) mass is 154 g/mol. The number of thiol groups is 1. The van der Waals surface area contributed by atoms with Gasteiger partial charge in [-0.3, -0.25) is 0 Å². The predicted octanol–water partition coefficient (Wildman–Crippen LogP) is 3.34. The molecule has 0 saturated heterocycles. The highest BCUT2D eigenvalue weighted by molar-refractivity contribution is 7.84. The third-order valence-corrected chi connectivity index (χ3v) is 1.42. The second kappa shape index (κ2) is 5.36. The summed E-state index contributed by atoms with van der Waals surface area (Å²) in [6, 6.07) is 0. The lowest BCUT2D eigenvalue weighted by molar-refractivity contribution is 1.22. The van der Waals surface area contributed by atoms with Gasteiger partial charge in [0.25, 0.3) is 0 Å². The molecule has 1 heteroatoms. The van der Waals surface area contributed by atoms with Gasteiger partial charge in [0, 0.05) is 4.91 Å². The Labute approximate surface area is 68.7 Å². The van der Waals surface area contributed by atoms with E-state index in [1.54, 1.807) is 0 Å². The Balaban J connectivity index is 4.11. The molecule has 56 valence electrons. The highest BCUT2D eigenvalue weighted by Gasteiger charge is 1.82. The average Bonchev–Trinajstić information content (AvgIpc) is 1.88. The highest BCUT2D eigenvalue weighted by Crippen LogP contribution is 2.07. The Hall–Kier alpha value is -0.430. The van der Waals surface area contributed by atoms with Gasteiger partial charge in [0.1, 0.15) is 0 Å². The van der Waals surface area contributed by atoms with Crippen LogP contribution in [-0.4, -0.2) is 0 Å². The summed E-state index contributed by atoms with van der Waals surface area (Å²) in [7, 11) is 0. The Kier molecular flexibility index (Phi) is 5.13. The van der Waals surface area contributed by atoms with Gasteiger partial charge in [-0.05, 0) is 19.4 Å². The van der Waals surface area contributed by atoms with E-state index < -0.39 is 0 Å². The zero-order valence-electron chi connectivity index (χ0n) is 6.59. The van der Waals surface area contributed by atoms with Gasteiger partial charge in [-0.25, -0.2) is 0 Å². The van der Waals surface area contributed by atoms with Crippen LogP contribution in [0.5, 0.6) is 0 Å². The first-order valence-electron chi connectivity index (χ1n) is 3.40. The molecule has 0 aliphatic carbocycles. The molecule has 0 fully saturated rings. The van der Waals surface area contributed by atoms with Crippen molar-refractivity contribution < 1.29 is 0 Å². The van der Waals surface area contributed by atoms with E-state index in [1.165, 1.54) is 0 Å². The Morgan fingerprint density at radius 3 is 2.60 bits per heavy atom. The zero-order valence-corrected chi connectivity index (χ0v) is 7.49. The lowest BCUT2D eigenvalue weighted by Gasteiger charge is -1.91. The molecule has 0 aliphatic rings. The molecule has 0 aliphatic heterocycles. The van der Waals surface area contributed by atoms with E-state index in [1.807, 2.05) is 19.1 Å². The lowest BCUT2D eigenvalue weighted by Crippen LogP contribution is -1.68. The molecule has 10 heavy (non-hydrogen) atoms. The van der Waals surface area contributed by atoms with Gasteiger partial charge in [-0.15, -0.1) is 12.6 Å². The molecule has 0 nitrogen and oxygen atoms in total. The third-order valence-electron chi connectivity index (χ3n) is 1.11. The first-order chi connectivity index (χ1) is 4.70. The molecular weight excluding hydrogens is 140 g/mol. The molecule has 0 bridgehead atoms. The third kappa shape index (κ3) is 4.45. The smallest absolute Gasteiger partial charge is 0.000253 e. The molecule has 0 spiro atoms. The van der Waals surface area contributed by atoms with Crippen molar-refractivity contribution in [3.8, 4) is 0 Å². The highest BCUT2D eigenvalue weighted by atomic mass is 32.1. The summed E-state index contributed by atoms with van der Waals surface area (Å²) in [4.78, 5) is 1.01. The maximum atomic E-state index is 4.24. The van der Waals surface area contributed by atoms with Crippen molar-refractivity contribution in [1.82, 2.24) is 0 Å². The SMILES string of the molecule is C=C/C(C)=C\C(S)=C/CC. The fourth-order valence-corrected chi connectivity index (χ4v) is 0.946. The van der Waals surface area contributed by atoms with Crippen molar-refractivity contribution in [3.05, 3.63) is 35.3 Å². The van der Waals surface area contributed by atoms with Gasteiger partial charge in [0.05, 0.1) is 0 Å². The van der Waals surface area contributed by atoms with Crippen molar-refractivity contribution in [1.29, 1.82) is 0 Å². The minimum atomic E-state index is 1.01. The normalized spacial score (nSPS) is 13.5. The molecule has 0 rings (SSSR count). The molecule has 0 heterocycles. The van der Waals surface area contributed by atoms with Crippen LogP contribution in [0.25, 0.3) is 0 Å². The van der Waals surface area contributed by atoms with Crippen LogP contribution < -0.4 is 0 Å². The molecule has 0 aromatic heterocycles. The molecule has 0 amide bonds.